The van der Waals surface area contributed by atoms with E-state index in [0.29, 0.717) is 18.5 Å². The van der Waals surface area contributed by atoms with Gasteiger partial charge in [0.25, 0.3) is 0 Å². The lowest BCUT2D eigenvalue weighted by Crippen LogP contribution is -3.13. The standard InChI is InChI=1S/C25H29N3O3/c29-24(22-8-4-5-9-23(22)25(30)31)26-20-10-12-21(13-11-20)28-16-14-27(15-17-28)18-19-6-2-1-3-7-19/h1-7,10-13,22-23H,8-9,14-18H2,(H,26,29)(H,30,31)/t22-,23-/m0/s1. The SMILES string of the molecule is O=C([O-])[C@H]1CC=CC[C@@H]1C(=O)Nc1ccc(N2CC[NH+](Cc3ccccc3)CC2)cc1. The number of allylic oxidation sites excluding steroid dienone is 2. The summed E-state index contributed by atoms with van der Waals surface area (Å²) in [5.74, 6) is -2.77. The van der Waals surface area contributed by atoms with Crippen molar-refractivity contribution in [3.05, 3.63) is 72.3 Å². The van der Waals surface area contributed by atoms with Crippen molar-refractivity contribution in [3.63, 3.8) is 0 Å². The Morgan fingerprint density at radius 1 is 0.935 bits per heavy atom. The molecule has 0 aromatic heterocycles. The maximum Gasteiger partial charge on any atom is 0.228 e. The molecule has 0 unspecified atom stereocenters. The van der Waals surface area contributed by atoms with E-state index in [2.05, 4.69) is 40.5 Å². The summed E-state index contributed by atoms with van der Waals surface area (Å²) < 4.78 is 0. The van der Waals surface area contributed by atoms with E-state index >= 15 is 0 Å². The fraction of sp³-hybridized carbons (Fsp3) is 0.360. The number of carbonyl (C=O) groups is 2. The van der Waals surface area contributed by atoms with Gasteiger partial charge in [-0.1, -0.05) is 42.5 Å². The van der Waals surface area contributed by atoms with Crippen LogP contribution in [0, 0.1) is 11.8 Å². The van der Waals surface area contributed by atoms with Crippen molar-refractivity contribution in [1.29, 1.82) is 0 Å². The molecule has 162 valence electrons. The molecule has 0 saturated carbocycles. The number of rotatable bonds is 6. The second-order valence-corrected chi connectivity index (χ2v) is 8.41. The Hall–Kier alpha value is -3.12. The van der Waals surface area contributed by atoms with Gasteiger partial charge in [-0.25, -0.2) is 0 Å². The van der Waals surface area contributed by atoms with E-state index in [4.69, 9.17) is 0 Å². The van der Waals surface area contributed by atoms with E-state index < -0.39 is 17.8 Å². The predicted octanol–water partition coefficient (Wildman–Crippen LogP) is 0.863. The third-order valence-corrected chi connectivity index (χ3v) is 6.34. The van der Waals surface area contributed by atoms with Crippen molar-refractivity contribution in [3.8, 4) is 0 Å². The van der Waals surface area contributed by atoms with Crippen molar-refractivity contribution in [1.82, 2.24) is 0 Å². The molecule has 0 radical (unpaired) electrons. The van der Waals surface area contributed by atoms with Gasteiger partial charge in [-0.3, -0.25) is 4.79 Å². The molecule has 2 N–H and O–H groups in total. The van der Waals surface area contributed by atoms with E-state index in [-0.39, 0.29) is 5.91 Å². The van der Waals surface area contributed by atoms with Gasteiger partial charge in [-0.15, -0.1) is 0 Å². The van der Waals surface area contributed by atoms with Crippen LogP contribution in [0.3, 0.4) is 0 Å². The van der Waals surface area contributed by atoms with E-state index in [9.17, 15) is 14.7 Å². The molecule has 6 heteroatoms. The smallest absolute Gasteiger partial charge is 0.228 e. The molecule has 1 amide bonds. The molecule has 2 aromatic rings. The van der Waals surface area contributed by atoms with Gasteiger partial charge < -0.3 is 25.0 Å². The molecule has 2 aromatic carbocycles. The highest BCUT2D eigenvalue weighted by molar-refractivity contribution is 5.95. The zero-order valence-electron chi connectivity index (χ0n) is 17.6. The molecule has 0 bridgehead atoms. The first-order valence-corrected chi connectivity index (χ1v) is 11.0. The summed E-state index contributed by atoms with van der Waals surface area (Å²) in [5.41, 5.74) is 3.21. The van der Waals surface area contributed by atoms with E-state index in [0.717, 1.165) is 38.4 Å². The zero-order chi connectivity index (χ0) is 21.6. The second kappa shape index (κ2) is 9.79. The Labute approximate surface area is 183 Å². The lowest BCUT2D eigenvalue weighted by molar-refractivity contribution is -0.914. The summed E-state index contributed by atoms with van der Waals surface area (Å²) >= 11 is 0. The molecule has 2 atom stereocenters. The molecule has 1 aliphatic carbocycles. The topological polar surface area (TPSA) is 76.9 Å². The first-order chi connectivity index (χ1) is 15.1. The van der Waals surface area contributed by atoms with Crippen LogP contribution in [-0.4, -0.2) is 38.1 Å². The van der Waals surface area contributed by atoms with Gasteiger partial charge in [0.2, 0.25) is 5.91 Å². The van der Waals surface area contributed by atoms with Gasteiger partial charge in [-0.2, -0.15) is 0 Å². The lowest BCUT2D eigenvalue weighted by Gasteiger charge is -2.33. The van der Waals surface area contributed by atoms with Crippen molar-refractivity contribution in [2.75, 3.05) is 36.4 Å². The fourth-order valence-corrected chi connectivity index (χ4v) is 4.50. The second-order valence-electron chi connectivity index (χ2n) is 8.41. The number of carbonyl (C=O) groups excluding carboxylic acids is 2. The van der Waals surface area contributed by atoms with Gasteiger partial charge in [0.05, 0.1) is 32.1 Å². The minimum absolute atomic E-state index is 0.260. The number of amides is 1. The van der Waals surface area contributed by atoms with Crippen LogP contribution in [0.1, 0.15) is 18.4 Å². The van der Waals surface area contributed by atoms with Gasteiger partial charge in [0.15, 0.2) is 0 Å². The van der Waals surface area contributed by atoms with Crippen molar-refractivity contribution in [2.45, 2.75) is 19.4 Å². The highest BCUT2D eigenvalue weighted by atomic mass is 16.4. The van der Waals surface area contributed by atoms with Crippen LogP contribution in [0.5, 0.6) is 0 Å². The number of piperazine rings is 1. The van der Waals surface area contributed by atoms with Crippen LogP contribution in [0.2, 0.25) is 0 Å². The summed E-state index contributed by atoms with van der Waals surface area (Å²) in [6, 6.07) is 18.4. The first-order valence-electron chi connectivity index (χ1n) is 11.0. The quantitative estimate of drug-likeness (QED) is 0.681. The molecule has 1 saturated heterocycles. The lowest BCUT2D eigenvalue weighted by atomic mass is 9.82. The molecule has 2 aliphatic rings. The summed E-state index contributed by atoms with van der Waals surface area (Å²) in [7, 11) is 0. The Bertz CT molecular complexity index is 919. The molecule has 1 heterocycles. The number of nitrogens with one attached hydrogen (secondary N) is 2. The molecular weight excluding hydrogens is 390 g/mol. The molecule has 1 fully saturated rings. The van der Waals surface area contributed by atoms with E-state index in [1.165, 1.54) is 5.56 Å². The molecule has 1 aliphatic heterocycles. The van der Waals surface area contributed by atoms with Crippen molar-refractivity contribution < 1.29 is 19.6 Å². The highest BCUT2D eigenvalue weighted by Crippen LogP contribution is 2.27. The Kier molecular flexibility index (Phi) is 6.67. The van der Waals surface area contributed by atoms with E-state index in [1.807, 2.05) is 30.3 Å². The minimum atomic E-state index is -1.16. The predicted molar refractivity (Wildman–Crippen MR) is 118 cm³/mol. The number of quaternary nitrogens is 1. The molecular formula is C25H29N3O3. The number of anilines is 2. The summed E-state index contributed by atoms with van der Waals surface area (Å²) in [4.78, 5) is 27.9. The fourth-order valence-electron chi connectivity index (χ4n) is 4.50. The van der Waals surface area contributed by atoms with Crippen LogP contribution in [0.15, 0.2) is 66.7 Å². The average molecular weight is 420 g/mol. The maximum atomic E-state index is 12.6. The maximum absolute atomic E-state index is 12.6. The van der Waals surface area contributed by atoms with E-state index in [1.54, 1.807) is 11.0 Å². The monoisotopic (exact) mass is 419 g/mol. The van der Waals surface area contributed by atoms with Crippen LogP contribution in [-0.2, 0) is 16.1 Å². The Morgan fingerprint density at radius 2 is 1.58 bits per heavy atom. The Morgan fingerprint density at radius 3 is 2.23 bits per heavy atom. The van der Waals surface area contributed by atoms with Crippen LogP contribution in [0.4, 0.5) is 11.4 Å². The summed E-state index contributed by atoms with van der Waals surface area (Å²) in [6.07, 6.45) is 4.45. The third-order valence-electron chi connectivity index (χ3n) is 6.34. The third kappa shape index (κ3) is 5.33. The number of hydrogen-bond acceptors (Lipinski definition) is 4. The average Bonchev–Trinajstić information content (AvgIpc) is 2.81. The zero-order valence-corrected chi connectivity index (χ0v) is 17.6. The van der Waals surface area contributed by atoms with Gasteiger partial charge in [0, 0.05) is 28.8 Å². The molecule has 4 rings (SSSR count). The van der Waals surface area contributed by atoms with Crippen molar-refractivity contribution in [2.24, 2.45) is 11.8 Å². The van der Waals surface area contributed by atoms with Crippen LogP contribution < -0.4 is 20.2 Å². The molecule has 6 nitrogen and oxygen atoms in total. The number of carboxylic acids is 1. The van der Waals surface area contributed by atoms with Crippen LogP contribution >= 0.6 is 0 Å². The summed E-state index contributed by atoms with van der Waals surface area (Å²) in [6.45, 7) is 5.23. The van der Waals surface area contributed by atoms with Crippen molar-refractivity contribution >= 4 is 23.3 Å². The number of hydrogen-bond donors (Lipinski definition) is 2. The normalized spacial score (nSPS) is 21.6. The largest absolute Gasteiger partial charge is 0.550 e. The highest BCUT2D eigenvalue weighted by Gasteiger charge is 2.30. The number of aliphatic carboxylic acids is 1. The van der Waals surface area contributed by atoms with Crippen LogP contribution in [0.25, 0.3) is 0 Å². The Balaban J connectivity index is 1.30. The number of benzene rings is 2. The molecule has 31 heavy (non-hydrogen) atoms. The number of nitrogens with zero attached hydrogens (tertiary/aromatic N) is 1. The molecule has 0 spiro atoms. The summed E-state index contributed by atoms with van der Waals surface area (Å²) in [5, 5.41) is 14.2. The van der Waals surface area contributed by atoms with Gasteiger partial charge in [0.1, 0.15) is 6.54 Å². The number of carboxylic acid groups (broad SMARTS) is 1. The van der Waals surface area contributed by atoms with Gasteiger partial charge >= 0.3 is 0 Å². The minimum Gasteiger partial charge on any atom is -0.550 e. The van der Waals surface area contributed by atoms with Gasteiger partial charge in [-0.05, 0) is 37.1 Å². The first kappa shape index (κ1) is 21.1.